The molecule has 29 heavy (non-hydrogen) atoms. The van der Waals surface area contributed by atoms with Crippen LogP contribution >= 0.6 is 24.8 Å². The number of rotatable bonds is 5. The molecule has 1 aromatic heterocycles. The lowest BCUT2D eigenvalue weighted by Crippen LogP contribution is -2.30. The molecule has 2 aromatic carbocycles. The van der Waals surface area contributed by atoms with Crippen molar-refractivity contribution in [2.75, 3.05) is 12.3 Å². The van der Waals surface area contributed by atoms with Crippen LogP contribution in [-0.4, -0.2) is 21.4 Å². The van der Waals surface area contributed by atoms with Crippen molar-refractivity contribution in [3.8, 4) is 5.75 Å². The van der Waals surface area contributed by atoms with Crippen LogP contribution in [0.1, 0.15) is 28.1 Å². The first-order valence-corrected chi connectivity index (χ1v) is 9.26. The van der Waals surface area contributed by atoms with Crippen LogP contribution in [-0.2, 0) is 26.1 Å². The average Bonchev–Trinajstić information content (AvgIpc) is 2.69. The number of nitrogens with two attached hydrogens (primary N) is 1. The van der Waals surface area contributed by atoms with Crippen LogP contribution < -0.4 is 10.5 Å². The number of ether oxygens (including phenoxy) is 1. The van der Waals surface area contributed by atoms with Crippen LogP contribution in [0.5, 0.6) is 5.75 Å². The number of hydrogen-bond acceptors (Lipinski definition) is 5. The summed E-state index contributed by atoms with van der Waals surface area (Å²) in [5.74, 6) is 2.20. The molecule has 2 N–H and O–H groups in total. The van der Waals surface area contributed by atoms with Crippen molar-refractivity contribution in [2.24, 2.45) is 0 Å². The summed E-state index contributed by atoms with van der Waals surface area (Å²) in [6.07, 6.45) is 2.87. The largest absolute Gasteiger partial charge is 0.489 e. The maximum absolute atomic E-state index is 6.05. The van der Waals surface area contributed by atoms with Crippen molar-refractivity contribution >= 4 is 30.6 Å². The Morgan fingerprint density at radius 3 is 2.62 bits per heavy atom. The fraction of sp³-hybridized carbons (Fsp3) is 0.273. The molecule has 0 atom stereocenters. The molecular formula is C22H26Cl2N4O. The number of hydrogen-bond donors (Lipinski definition) is 1. The maximum Gasteiger partial charge on any atom is 0.131 e. The van der Waals surface area contributed by atoms with Crippen LogP contribution in [0.25, 0.3) is 0 Å². The van der Waals surface area contributed by atoms with Gasteiger partial charge in [-0.05, 0) is 42.2 Å². The molecule has 0 spiro atoms. The molecule has 3 aromatic rings. The zero-order valence-electron chi connectivity index (χ0n) is 16.4. The number of aryl methyl sites for hydroxylation is 1. The van der Waals surface area contributed by atoms with Gasteiger partial charge in [-0.3, -0.25) is 4.90 Å². The van der Waals surface area contributed by atoms with Gasteiger partial charge in [0.1, 0.15) is 24.0 Å². The summed E-state index contributed by atoms with van der Waals surface area (Å²) in [5, 5.41) is 0. The second-order valence-corrected chi connectivity index (χ2v) is 6.99. The van der Waals surface area contributed by atoms with Crippen molar-refractivity contribution in [2.45, 2.75) is 33.0 Å². The van der Waals surface area contributed by atoms with Crippen molar-refractivity contribution in [1.29, 1.82) is 0 Å². The number of benzene rings is 2. The Balaban J connectivity index is 0.00000150. The van der Waals surface area contributed by atoms with Crippen LogP contribution in [0, 0.1) is 6.92 Å². The number of nitrogens with zero attached hydrogens (tertiary/aromatic N) is 3. The molecule has 0 radical (unpaired) electrons. The van der Waals surface area contributed by atoms with E-state index in [0.29, 0.717) is 18.2 Å². The summed E-state index contributed by atoms with van der Waals surface area (Å²) < 4.78 is 5.99. The summed E-state index contributed by atoms with van der Waals surface area (Å²) in [4.78, 5) is 10.9. The first kappa shape index (κ1) is 22.9. The quantitative estimate of drug-likeness (QED) is 0.648. The smallest absolute Gasteiger partial charge is 0.131 e. The number of aromatic nitrogens is 2. The highest BCUT2D eigenvalue weighted by Crippen LogP contribution is 2.26. The Bertz CT molecular complexity index is 937. The van der Waals surface area contributed by atoms with Gasteiger partial charge in [-0.1, -0.05) is 36.4 Å². The van der Waals surface area contributed by atoms with Crippen molar-refractivity contribution in [1.82, 2.24) is 14.9 Å². The van der Waals surface area contributed by atoms with E-state index in [0.717, 1.165) is 37.4 Å². The molecule has 0 saturated carbocycles. The van der Waals surface area contributed by atoms with Gasteiger partial charge in [-0.15, -0.1) is 24.8 Å². The van der Waals surface area contributed by atoms with E-state index in [1.807, 2.05) is 31.3 Å². The van der Waals surface area contributed by atoms with Gasteiger partial charge in [-0.25, -0.2) is 9.97 Å². The third kappa shape index (κ3) is 5.82. The predicted molar refractivity (Wildman–Crippen MR) is 121 cm³/mol. The molecule has 154 valence electrons. The van der Waals surface area contributed by atoms with E-state index in [2.05, 4.69) is 45.2 Å². The fourth-order valence-corrected chi connectivity index (χ4v) is 3.43. The Morgan fingerprint density at radius 2 is 1.86 bits per heavy atom. The zero-order chi connectivity index (χ0) is 18.6. The molecule has 0 saturated heterocycles. The molecule has 1 aliphatic heterocycles. The van der Waals surface area contributed by atoms with Gasteiger partial charge >= 0.3 is 0 Å². The Kier molecular flexibility index (Phi) is 8.26. The van der Waals surface area contributed by atoms with Gasteiger partial charge in [0.05, 0.1) is 0 Å². The lowest BCUT2D eigenvalue weighted by Gasteiger charge is -2.29. The molecule has 7 heteroatoms. The highest BCUT2D eigenvalue weighted by Gasteiger charge is 2.18. The SMILES string of the molecule is Cc1ncc(CN2CCc3ccc(OCc4ccccc4)cc3C2)c(N)n1.Cl.Cl. The summed E-state index contributed by atoms with van der Waals surface area (Å²) >= 11 is 0. The number of halogens is 2. The highest BCUT2D eigenvalue weighted by atomic mass is 35.5. The summed E-state index contributed by atoms with van der Waals surface area (Å²) in [6.45, 7) is 5.09. The second-order valence-electron chi connectivity index (χ2n) is 6.99. The molecule has 0 bridgehead atoms. The van der Waals surface area contributed by atoms with Crippen LogP contribution in [0.4, 0.5) is 5.82 Å². The predicted octanol–water partition coefficient (Wildman–Crippen LogP) is 4.35. The van der Waals surface area contributed by atoms with Gasteiger partial charge in [0.15, 0.2) is 0 Å². The minimum atomic E-state index is 0. The molecule has 4 rings (SSSR count). The summed E-state index contributed by atoms with van der Waals surface area (Å²) in [6, 6.07) is 16.7. The van der Waals surface area contributed by atoms with Crippen LogP contribution in [0.3, 0.4) is 0 Å². The average molecular weight is 433 g/mol. The monoisotopic (exact) mass is 432 g/mol. The molecule has 5 nitrogen and oxygen atoms in total. The van der Waals surface area contributed by atoms with Crippen molar-refractivity contribution < 1.29 is 4.74 Å². The van der Waals surface area contributed by atoms with E-state index in [1.54, 1.807) is 0 Å². The molecular weight excluding hydrogens is 407 g/mol. The number of nitrogen functional groups attached to an aromatic ring is 1. The topological polar surface area (TPSA) is 64.3 Å². The molecule has 0 fully saturated rings. The van der Waals surface area contributed by atoms with Gasteiger partial charge in [0.25, 0.3) is 0 Å². The lowest BCUT2D eigenvalue weighted by atomic mass is 9.99. The number of fused-ring (bicyclic) bond motifs is 1. The summed E-state index contributed by atoms with van der Waals surface area (Å²) in [5.41, 5.74) is 10.9. The molecule has 0 amide bonds. The van der Waals surface area contributed by atoms with E-state index in [1.165, 1.54) is 16.7 Å². The third-order valence-corrected chi connectivity index (χ3v) is 4.93. The molecule has 0 aliphatic carbocycles. The third-order valence-electron chi connectivity index (χ3n) is 4.93. The standard InChI is InChI=1S/C22H24N4O.2ClH/c1-16-24-12-20(22(23)25-16)14-26-10-9-18-7-8-21(11-19(18)13-26)27-15-17-5-3-2-4-6-17;;/h2-8,11-12H,9-10,13-15H2,1H3,(H2,23,24,25);2*1H. The second kappa shape index (κ2) is 10.4. The zero-order valence-corrected chi connectivity index (χ0v) is 18.0. The highest BCUT2D eigenvalue weighted by molar-refractivity contribution is 5.85. The normalized spacial score (nSPS) is 13.0. The minimum Gasteiger partial charge on any atom is -0.489 e. The van der Waals surface area contributed by atoms with E-state index >= 15 is 0 Å². The Morgan fingerprint density at radius 1 is 1.07 bits per heavy atom. The van der Waals surface area contributed by atoms with Crippen molar-refractivity contribution in [3.05, 3.63) is 82.8 Å². The minimum absolute atomic E-state index is 0. The van der Waals surface area contributed by atoms with E-state index in [9.17, 15) is 0 Å². The fourth-order valence-electron chi connectivity index (χ4n) is 3.43. The Hall–Kier alpha value is -2.34. The molecule has 0 unspecified atom stereocenters. The number of anilines is 1. The maximum atomic E-state index is 6.05. The van der Waals surface area contributed by atoms with E-state index in [4.69, 9.17) is 10.5 Å². The first-order valence-electron chi connectivity index (χ1n) is 9.26. The van der Waals surface area contributed by atoms with E-state index in [-0.39, 0.29) is 24.8 Å². The molecule has 2 heterocycles. The van der Waals surface area contributed by atoms with Gasteiger partial charge < -0.3 is 10.5 Å². The van der Waals surface area contributed by atoms with Crippen LogP contribution in [0.15, 0.2) is 54.7 Å². The van der Waals surface area contributed by atoms with Gasteiger partial charge in [0, 0.05) is 31.4 Å². The van der Waals surface area contributed by atoms with Gasteiger partial charge in [0.2, 0.25) is 0 Å². The lowest BCUT2D eigenvalue weighted by molar-refractivity contribution is 0.244. The molecule has 1 aliphatic rings. The van der Waals surface area contributed by atoms with Crippen molar-refractivity contribution in [3.63, 3.8) is 0 Å². The summed E-state index contributed by atoms with van der Waals surface area (Å²) in [7, 11) is 0. The Labute approximate surface area is 184 Å². The van der Waals surface area contributed by atoms with E-state index < -0.39 is 0 Å². The first-order chi connectivity index (χ1) is 13.2. The van der Waals surface area contributed by atoms with Gasteiger partial charge in [-0.2, -0.15) is 0 Å². The van der Waals surface area contributed by atoms with Crippen LogP contribution in [0.2, 0.25) is 0 Å².